The fraction of sp³-hybridized carbons (Fsp3) is 0.333. The van der Waals surface area contributed by atoms with E-state index < -0.39 is 0 Å². The number of hydrogen-bond acceptors (Lipinski definition) is 2. The standard InChI is InChI=1S/C9H9ClINO/c10-6-4-7(11)9(13)8-5(6)2-1-3-12-8/h4,12-13H,1-3H2. The first-order valence-corrected chi connectivity index (χ1v) is 5.59. The van der Waals surface area contributed by atoms with Gasteiger partial charge in [-0.1, -0.05) is 11.6 Å². The lowest BCUT2D eigenvalue weighted by Gasteiger charge is -2.20. The quantitative estimate of drug-likeness (QED) is 0.570. The molecule has 2 N–H and O–H groups in total. The molecule has 0 aliphatic carbocycles. The molecule has 1 heterocycles. The first-order chi connectivity index (χ1) is 6.20. The van der Waals surface area contributed by atoms with Crippen molar-refractivity contribution in [3.05, 3.63) is 20.2 Å². The number of rotatable bonds is 0. The van der Waals surface area contributed by atoms with Gasteiger partial charge in [0.15, 0.2) is 5.75 Å². The number of phenols is 1. The summed E-state index contributed by atoms with van der Waals surface area (Å²) in [6.45, 7) is 0.914. The van der Waals surface area contributed by atoms with E-state index in [4.69, 9.17) is 11.6 Å². The molecule has 0 atom stereocenters. The number of anilines is 1. The van der Waals surface area contributed by atoms with Gasteiger partial charge in [0.1, 0.15) is 0 Å². The van der Waals surface area contributed by atoms with Gasteiger partial charge in [0.2, 0.25) is 0 Å². The molecule has 13 heavy (non-hydrogen) atoms. The summed E-state index contributed by atoms with van der Waals surface area (Å²) in [4.78, 5) is 0. The Hall–Kier alpha value is -0.160. The van der Waals surface area contributed by atoms with Crippen LogP contribution in [0.15, 0.2) is 6.07 Å². The molecule has 0 aromatic heterocycles. The van der Waals surface area contributed by atoms with Crippen molar-refractivity contribution >= 4 is 39.9 Å². The summed E-state index contributed by atoms with van der Waals surface area (Å²) in [5, 5.41) is 13.7. The second kappa shape index (κ2) is 3.53. The van der Waals surface area contributed by atoms with Gasteiger partial charge in [0.05, 0.1) is 9.26 Å². The van der Waals surface area contributed by atoms with E-state index in [0.717, 1.165) is 39.2 Å². The molecule has 0 spiro atoms. The molecule has 0 fully saturated rings. The number of aromatic hydroxyl groups is 1. The molecule has 0 radical (unpaired) electrons. The van der Waals surface area contributed by atoms with Crippen molar-refractivity contribution in [2.45, 2.75) is 12.8 Å². The van der Waals surface area contributed by atoms with Crippen LogP contribution in [0.25, 0.3) is 0 Å². The Labute approximate surface area is 95.4 Å². The Morgan fingerprint density at radius 1 is 1.54 bits per heavy atom. The first kappa shape index (κ1) is 9.40. The number of nitrogens with one attached hydrogen (secondary N) is 1. The van der Waals surface area contributed by atoms with Gasteiger partial charge >= 0.3 is 0 Å². The summed E-state index contributed by atoms with van der Waals surface area (Å²) >= 11 is 8.15. The summed E-state index contributed by atoms with van der Waals surface area (Å²) in [6.07, 6.45) is 2.03. The monoisotopic (exact) mass is 309 g/mol. The fourth-order valence-electron chi connectivity index (χ4n) is 1.56. The van der Waals surface area contributed by atoms with Crippen LogP contribution in [0.3, 0.4) is 0 Å². The van der Waals surface area contributed by atoms with Crippen molar-refractivity contribution < 1.29 is 5.11 Å². The summed E-state index contributed by atoms with van der Waals surface area (Å²) in [7, 11) is 0. The molecule has 0 saturated heterocycles. The van der Waals surface area contributed by atoms with Crippen LogP contribution in [0.4, 0.5) is 5.69 Å². The van der Waals surface area contributed by atoms with Gasteiger partial charge in [-0.05, 0) is 47.1 Å². The van der Waals surface area contributed by atoms with Crippen LogP contribution in [-0.2, 0) is 6.42 Å². The van der Waals surface area contributed by atoms with Crippen molar-refractivity contribution in [3.8, 4) is 5.75 Å². The number of benzene rings is 1. The molecule has 1 aromatic carbocycles. The van der Waals surface area contributed by atoms with E-state index in [1.807, 2.05) is 6.07 Å². The molecule has 70 valence electrons. The fourth-order valence-corrected chi connectivity index (χ4v) is 2.63. The zero-order valence-corrected chi connectivity index (χ0v) is 9.82. The molecule has 1 aromatic rings. The summed E-state index contributed by atoms with van der Waals surface area (Å²) < 4.78 is 0.802. The summed E-state index contributed by atoms with van der Waals surface area (Å²) in [5.74, 6) is 0.333. The van der Waals surface area contributed by atoms with E-state index in [0.29, 0.717) is 5.75 Å². The zero-order chi connectivity index (χ0) is 9.42. The molecular formula is C9H9ClINO. The molecular weight excluding hydrogens is 300 g/mol. The topological polar surface area (TPSA) is 32.3 Å². The third kappa shape index (κ3) is 1.59. The highest BCUT2D eigenvalue weighted by molar-refractivity contribution is 14.1. The number of halogens is 2. The second-order valence-corrected chi connectivity index (χ2v) is 4.64. The Morgan fingerprint density at radius 3 is 3.08 bits per heavy atom. The smallest absolute Gasteiger partial charge is 0.152 e. The SMILES string of the molecule is Oc1c(I)cc(Cl)c2c1NCCC2. The lowest BCUT2D eigenvalue weighted by Crippen LogP contribution is -2.12. The predicted octanol–water partition coefficient (Wildman–Crippen LogP) is 3.01. The van der Waals surface area contributed by atoms with Crippen molar-refractivity contribution in [3.63, 3.8) is 0 Å². The maximum atomic E-state index is 9.74. The third-order valence-electron chi connectivity index (χ3n) is 2.21. The molecule has 1 aliphatic rings. The van der Waals surface area contributed by atoms with E-state index in [-0.39, 0.29) is 0 Å². The molecule has 1 aliphatic heterocycles. The molecule has 2 nitrogen and oxygen atoms in total. The Balaban J connectivity index is 2.63. The maximum absolute atomic E-state index is 9.74. The molecule has 0 unspecified atom stereocenters. The van der Waals surface area contributed by atoms with Crippen molar-refractivity contribution in [1.82, 2.24) is 0 Å². The van der Waals surface area contributed by atoms with Gasteiger partial charge in [0.25, 0.3) is 0 Å². The Bertz CT molecular complexity index is 354. The van der Waals surface area contributed by atoms with Gasteiger partial charge < -0.3 is 10.4 Å². The van der Waals surface area contributed by atoms with E-state index in [9.17, 15) is 5.11 Å². The lowest BCUT2D eigenvalue weighted by molar-refractivity contribution is 0.471. The van der Waals surface area contributed by atoms with Crippen LogP contribution in [0.2, 0.25) is 5.02 Å². The van der Waals surface area contributed by atoms with Crippen molar-refractivity contribution in [1.29, 1.82) is 0 Å². The summed E-state index contributed by atoms with van der Waals surface area (Å²) in [5.41, 5.74) is 1.87. The predicted molar refractivity (Wildman–Crippen MR) is 62.6 cm³/mol. The largest absolute Gasteiger partial charge is 0.505 e. The normalized spacial score (nSPS) is 14.9. The Morgan fingerprint density at radius 2 is 2.31 bits per heavy atom. The van der Waals surface area contributed by atoms with Crippen LogP contribution < -0.4 is 5.32 Å². The lowest BCUT2D eigenvalue weighted by atomic mass is 10.0. The van der Waals surface area contributed by atoms with Gasteiger partial charge in [-0.15, -0.1) is 0 Å². The highest BCUT2D eigenvalue weighted by Gasteiger charge is 2.17. The highest BCUT2D eigenvalue weighted by atomic mass is 127. The summed E-state index contributed by atoms with van der Waals surface area (Å²) in [6, 6.07) is 1.81. The second-order valence-electron chi connectivity index (χ2n) is 3.07. The van der Waals surface area contributed by atoms with Crippen LogP contribution in [-0.4, -0.2) is 11.7 Å². The van der Waals surface area contributed by atoms with Gasteiger partial charge in [-0.3, -0.25) is 0 Å². The van der Waals surface area contributed by atoms with E-state index in [1.165, 1.54) is 0 Å². The van der Waals surface area contributed by atoms with E-state index >= 15 is 0 Å². The molecule has 0 bridgehead atoms. The van der Waals surface area contributed by atoms with E-state index in [1.54, 1.807) is 0 Å². The molecule has 0 amide bonds. The Kier molecular flexibility index (Phi) is 2.55. The first-order valence-electron chi connectivity index (χ1n) is 4.14. The average molecular weight is 310 g/mol. The zero-order valence-electron chi connectivity index (χ0n) is 6.90. The average Bonchev–Trinajstić information content (AvgIpc) is 2.15. The van der Waals surface area contributed by atoms with Crippen molar-refractivity contribution in [2.75, 3.05) is 11.9 Å². The van der Waals surface area contributed by atoms with Crippen LogP contribution in [0.5, 0.6) is 5.75 Å². The third-order valence-corrected chi connectivity index (χ3v) is 3.37. The number of hydrogen-bond donors (Lipinski definition) is 2. The minimum absolute atomic E-state index is 0.333. The van der Waals surface area contributed by atoms with Gasteiger partial charge in [-0.2, -0.15) is 0 Å². The van der Waals surface area contributed by atoms with Crippen molar-refractivity contribution in [2.24, 2.45) is 0 Å². The minimum atomic E-state index is 0.333. The van der Waals surface area contributed by atoms with Gasteiger partial charge in [-0.25, -0.2) is 0 Å². The van der Waals surface area contributed by atoms with Crippen LogP contribution in [0, 0.1) is 3.57 Å². The van der Waals surface area contributed by atoms with E-state index in [2.05, 4.69) is 27.9 Å². The van der Waals surface area contributed by atoms with Crippen LogP contribution >= 0.6 is 34.2 Å². The van der Waals surface area contributed by atoms with Gasteiger partial charge in [0, 0.05) is 11.6 Å². The number of phenolic OH excluding ortho intramolecular Hbond substituents is 1. The number of fused-ring (bicyclic) bond motifs is 1. The minimum Gasteiger partial charge on any atom is -0.505 e. The van der Waals surface area contributed by atoms with Crippen LogP contribution in [0.1, 0.15) is 12.0 Å². The molecule has 2 rings (SSSR count). The molecule has 0 saturated carbocycles. The highest BCUT2D eigenvalue weighted by Crippen LogP contribution is 2.39. The molecule has 4 heteroatoms. The maximum Gasteiger partial charge on any atom is 0.152 e.